The van der Waals surface area contributed by atoms with E-state index in [1.807, 2.05) is 11.8 Å². The van der Waals surface area contributed by atoms with Crippen LogP contribution in [0.3, 0.4) is 0 Å². The molecule has 5 heteroatoms. The molecule has 0 spiro atoms. The molecule has 1 heterocycles. The topological polar surface area (TPSA) is 61.4 Å². The van der Waals surface area contributed by atoms with E-state index < -0.39 is 0 Å². The summed E-state index contributed by atoms with van der Waals surface area (Å²) in [5, 5.41) is 5.96. The first-order chi connectivity index (χ1) is 9.15. The van der Waals surface area contributed by atoms with Crippen molar-refractivity contribution < 1.29 is 9.59 Å². The Hall–Kier alpha value is -1.26. The molecule has 0 aromatic carbocycles. The summed E-state index contributed by atoms with van der Waals surface area (Å²) in [6.07, 6.45) is 7.48. The molecule has 0 bridgehead atoms. The molecule has 1 aliphatic heterocycles. The van der Waals surface area contributed by atoms with Gasteiger partial charge in [0.05, 0.1) is 0 Å². The summed E-state index contributed by atoms with van der Waals surface area (Å²) in [7, 11) is 0. The number of carbonyl (C=O) groups is 2. The maximum atomic E-state index is 11.9. The second-order valence-corrected chi connectivity index (χ2v) is 5.80. The normalized spacial score (nSPS) is 22.4. The minimum Gasteiger partial charge on any atom is -0.341 e. The first-order valence-corrected chi connectivity index (χ1v) is 7.50. The highest BCUT2D eigenvalue weighted by atomic mass is 16.2. The van der Waals surface area contributed by atoms with Crippen LogP contribution in [-0.2, 0) is 4.79 Å². The Morgan fingerprint density at radius 1 is 1.32 bits per heavy atom. The molecule has 0 radical (unpaired) electrons. The molecule has 1 atom stereocenters. The van der Waals surface area contributed by atoms with Crippen LogP contribution in [0.2, 0.25) is 0 Å². The lowest BCUT2D eigenvalue weighted by molar-refractivity contribution is -0.127. The molecule has 19 heavy (non-hydrogen) atoms. The zero-order valence-electron chi connectivity index (χ0n) is 11.8. The van der Waals surface area contributed by atoms with Gasteiger partial charge >= 0.3 is 6.03 Å². The van der Waals surface area contributed by atoms with Crippen molar-refractivity contribution in [1.29, 1.82) is 0 Å². The van der Waals surface area contributed by atoms with Crippen LogP contribution in [0.5, 0.6) is 0 Å². The number of hydrogen-bond donors (Lipinski definition) is 2. The maximum Gasteiger partial charge on any atom is 0.315 e. The molecule has 1 unspecified atom stereocenters. The molecule has 3 amide bonds. The van der Waals surface area contributed by atoms with E-state index in [-0.39, 0.29) is 18.0 Å². The van der Waals surface area contributed by atoms with Crippen LogP contribution in [0.25, 0.3) is 0 Å². The largest absolute Gasteiger partial charge is 0.341 e. The first kappa shape index (κ1) is 14.2. The van der Waals surface area contributed by atoms with Crippen molar-refractivity contribution in [2.45, 2.75) is 64.0 Å². The summed E-state index contributed by atoms with van der Waals surface area (Å²) in [5.74, 6) is 0.210. The lowest BCUT2D eigenvalue weighted by Gasteiger charge is -2.25. The Labute approximate surface area is 115 Å². The highest BCUT2D eigenvalue weighted by Gasteiger charge is 2.23. The van der Waals surface area contributed by atoms with Gasteiger partial charge in [-0.1, -0.05) is 19.3 Å². The van der Waals surface area contributed by atoms with Crippen LogP contribution >= 0.6 is 0 Å². The SMILES string of the molecule is CC(CN1CCCC1=O)NC(=O)NC1CCCCC1. The zero-order valence-corrected chi connectivity index (χ0v) is 11.8. The van der Waals surface area contributed by atoms with E-state index in [1.54, 1.807) is 0 Å². The Balaban J connectivity index is 1.67. The zero-order chi connectivity index (χ0) is 13.7. The van der Waals surface area contributed by atoms with Crippen molar-refractivity contribution in [3.63, 3.8) is 0 Å². The summed E-state index contributed by atoms with van der Waals surface area (Å²) in [6.45, 7) is 3.40. The van der Waals surface area contributed by atoms with Gasteiger partial charge in [0.1, 0.15) is 0 Å². The third-order valence-electron chi connectivity index (χ3n) is 3.98. The molecule has 2 N–H and O–H groups in total. The van der Waals surface area contributed by atoms with Crippen LogP contribution in [-0.4, -0.2) is 42.0 Å². The Morgan fingerprint density at radius 3 is 2.68 bits per heavy atom. The Morgan fingerprint density at radius 2 is 2.05 bits per heavy atom. The van der Waals surface area contributed by atoms with Gasteiger partial charge in [-0.15, -0.1) is 0 Å². The number of carbonyl (C=O) groups excluding carboxylic acids is 2. The van der Waals surface area contributed by atoms with Crippen LogP contribution < -0.4 is 10.6 Å². The van der Waals surface area contributed by atoms with Gasteiger partial charge in [0, 0.05) is 31.6 Å². The van der Waals surface area contributed by atoms with Gasteiger partial charge in [-0.25, -0.2) is 4.79 Å². The lowest BCUT2D eigenvalue weighted by Crippen LogP contribution is -2.49. The fourth-order valence-corrected chi connectivity index (χ4v) is 2.97. The quantitative estimate of drug-likeness (QED) is 0.813. The first-order valence-electron chi connectivity index (χ1n) is 7.50. The summed E-state index contributed by atoms with van der Waals surface area (Å²) in [4.78, 5) is 25.2. The molecule has 0 aromatic heterocycles. The molecule has 2 rings (SSSR count). The number of rotatable bonds is 4. The third-order valence-corrected chi connectivity index (χ3v) is 3.98. The van der Waals surface area contributed by atoms with Crippen molar-refractivity contribution in [3.8, 4) is 0 Å². The highest BCUT2D eigenvalue weighted by Crippen LogP contribution is 2.17. The van der Waals surface area contributed by atoms with Gasteiger partial charge in [-0.3, -0.25) is 4.79 Å². The van der Waals surface area contributed by atoms with E-state index in [2.05, 4.69) is 10.6 Å². The van der Waals surface area contributed by atoms with Gasteiger partial charge < -0.3 is 15.5 Å². The van der Waals surface area contributed by atoms with Gasteiger partial charge in [0.15, 0.2) is 0 Å². The van der Waals surface area contributed by atoms with E-state index in [0.717, 1.165) is 25.8 Å². The summed E-state index contributed by atoms with van der Waals surface area (Å²) >= 11 is 0. The van der Waals surface area contributed by atoms with Crippen LogP contribution in [0.15, 0.2) is 0 Å². The molecule has 5 nitrogen and oxygen atoms in total. The van der Waals surface area contributed by atoms with Crippen molar-refractivity contribution >= 4 is 11.9 Å². The fourth-order valence-electron chi connectivity index (χ4n) is 2.97. The minimum absolute atomic E-state index is 0.00522. The van der Waals surface area contributed by atoms with E-state index in [1.165, 1.54) is 19.3 Å². The summed E-state index contributed by atoms with van der Waals surface area (Å²) in [6, 6.07) is 0.242. The number of hydrogen-bond acceptors (Lipinski definition) is 2. The van der Waals surface area contributed by atoms with Crippen LogP contribution in [0.1, 0.15) is 51.9 Å². The second kappa shape index (κ2) is 6.78. The average Bonchev–Trinajstić information content (AvgIpc) is 2.76. The molecule has 1 aliphatic carbocycles. The maximum absolute atomic E-state index is 11.9. The number of nitrogens with one attached hydrogen (secondary N) is 2. The standard InChI is InChI=1S/C14H25N3O2/c1-11(10-17-9-5-8-13(17)18)15-14(19)16-12-6-3-2-4-7-12/h11-12H,2-10H2,1H3,(H2,15,16,19). The smallest absolute Gasteiger partial charge is 0.315 e. The van der Waals surface area contributed by atoms with Crippen molar-refractivity contribution in [1.82, 2.24) is 15.5 Å². The molecule has 0 aromatic rings. The minimum atomic E-state index is -0.0916. The molecule has 108 valence electrons. The number of amides is 3. The molecular weight excluding hydrogens is 242 g/mol. The fraction of sp³-hybridized carbons (Fsp3) is 0.857. The van der Waals surface area contributed by atoms with E-state index in [0.29, 0.717) is 19.0 Å². The van der Waals surface area contributed by atoms with Crippen molar-refractivity contribution in [3.05, 3.63) is 0 Å². The van der Waals surface area contributed by atoms with E-state index in [9.17, 15) is 9.59 Å². The summed E-state index contributed by atoms with van der Waals surface area (Å²) < 4.78 is 0. The molecule has 1 saturated heterocycles. The number of urea groups is 1. The lowest BCUT2D eigenvalue weighted by atomic mass is 9.96. The predicted octanol–water partition coefficient (Wildman–Crippen LogP) is 1.63. The molecule has 1 saturated carbocycles. The van der Waals surface area contributed by atoms with E-state index in [4.69, 9.17) is 0 Å². The van der Waals surface area contributed by atoms with Gasteiger partial charge in [0.2, 0.25) is 5.91 Å². The van der Waals surface area contributed by atoms with Crippen molar-refractivity contribution in [2.24, 2.45) is 0 Å². The Kier molecular flexibility index (Phi) is 5.05. The monoisotopic (exact) mass is 267 g/mol. The average molecular weight is 267 g/mol. The third kappa shape index (κ3) is 4.40. The predicted molar refractivity (Wildman–Crippen MR) is 73.8 cm³/mol. The van der Waals surface area contributed by atoms with Crippen LogP contribution in [0, 0.1) is 0 Å². The number of nitrogens with zero attached hydrogens (tertiary/aromatic N) is 1. The second-order valence-electron chi connectivity index (χ2n) is 5.80. The summed E-state index contributed by atoms with van der Waals surface area (Å²) in [5.41, 5.74) is 0. The molecule has 2 fully saturated rings. The molecular formula is C14H25N3O2. The van der Waals surface area contributed by atoms with Crippen molar-refractivity contribution in [2.75, 3.05) is 13.1 Å². The van der Waals surface area contributed by atoms with Gasteiger partial charge in [0.25, 0.3) is 0 Å². The van der Waals surface area contributed by atoms with Gasteiger partial charge in [-0.05, 0) is 26.2 Å². The van der Waals surface area contributed by atoms with Crippen LogP contribution in [0.4, 0.5) is 4.79 Å². The van der Waals surface area contributed by atoms with E-state index >= 15 is 0 Å². The van der Waals surface area contributed by atoms with Gasteiger partial charge in [-0.2, -0.15) is 0 Å². The molecule has 2 aliphatic rings. The number of likely N-dealkylation sites (tertiary alicyclic amines) is 1. The Bertz CT molecular complexity index is 327. The highest BCUT2D eigenvalue weighted by molar-refractivity contribution is 5.78.